The third kappa shape index (κ3) is 5.07. The maximum Gasteiger partial charge on any atom is 0.263 e. The topological polar surface area (TPSA) is 89.3 Å². The van der Waals surface area contributed by atoms with Crippen molar-refractivity contribution >= 4 is 21.8 Å². The summed E-state index contributed by atoms with van der Waals surface area (Å²) in [4.78, 5) is 16.4. The minimum absolute atomic E-state index is 0.0313. The highest BCUT2D eigenvalue weighted by Crippen LogP contribution is 2.28. The van der Waals surface area contributed by atoms with Crippen molar-refractivity contribution in [1.82, 2.24) is 10.3 Å². The molecular formula is C25H19FN2O4S. The SMILES string of the molecule is O=C(NCc1ccncc1)C(=Cc1ccc(-c2ccccc2F)o1)S(=O)(=O)c1ccccc1. The van der Waals surface area contributed by atoms with E-state index < -0.39 is 26.5 Å². The van der Waals surface area contributed by atoms with E-state index >= 15 is 0 Å². The Hall–Kier alpha value is -4.04. The molecule has 8 heteroatoms. The van der Waals surface area contributed by atoms with Crippen molar-refractivity contribution in [1.29, 1.82) is 0 Å². The van der Waals surface area contributed by atoms with Crippen LogP contribution in [0.2, 0.25) is 0 Å². The van der Waals surface area contributed by atoms with Gasteiger partial charge in [0.1, 0.15) is 22.2 Å². The van der Waals surface area contributed by atoms with Crippen LogP contribution in [0.25, 0.3) is 17.4 Å². The number of carbonyl (C=O) groups excluding carboxylic acids is 1. The third-order valence-electron chi connectivity index (χ3n) is 4.81. The van der Waals surface area contributed by atoms with Crippen molar-refractivity contribution < 1.29 is 22.0 Å². The molecular weight excluding hydrogens is 443 g/mol. The van der Waals surface area contributed by atoms with Crippen LogP contribution in [0.15, 0.2) is 105 Å². The quantitative estimate of drug-likeness (QED) is 0.405. The number of sulfone groups is 1. The van der Waals surface area contributed by atoms with Gasteiger partial charge in [-0.1, -0.05) is 30.3 Å². The monoisotopic (exact) mass is 462 g/mol. The van der Waals surface area contributed by atoms with E-state index in [1.54, 1.807) is 60.9 Å². The Morgan fingerprint density at radius 2 is 1.64 bits per heavy atom. The first-order chi connectivity index (χ1) is 15.9. The molecule has 0 saturated heterocycles. The number of nitrogens with zero attached hydrogens (tertiary/aromatic N) is 1. The summed E-state index contributed by atoms with van der Waals surface area (Å²) in [6.07, 6.45) is 4.30. The molecule has 0 saturated carbocycles. The summed E-state index contributed by atoms with van der Waals surface area (Å²) in [5.41, 5.74) is 0.987. The smallest absolute Gasteiger partial charge is 0.263 e. The molecule has 166 valence electrons. The van der Waals surface area contributed by atoms with Gasteiger partial charge >= 0.3 is 0 Å². The summed E-state index contributed by atoms with van der Waals surface area (Å²) in [6, 6.07) is 20.1. The lowest BCUT2D eigenvalue weighted by atomic mass is 10.1. The minimum Gasteiger partial charge on any atom is -0.457 e. The standard InChI is InChI=1S/C25H19FN2O4S/c26-22-9-5-4-8-21(22)23-11-10-19(32-23)16-24(33(30,31)20-6-2-1-3-7-20)25(29)28-17-18-12-14-27-15-13-18/h1-16H,17H2,(H,28,29). The molecule has 4 aromatic rings. The molecule has 0 aliphatic carbocycles. The molecule has 0 radical (unpaired) electrons. The molecule has 0 spiro atoms. The maximum absolute atomic E-state index is 14.1. The highest BCUT2D eigenvalue weighted by Gasteiger charge is 2.27. The predicted octanol–water partition coefficient (Wildman–Crippen LogP) is 4.61. The van der Waals surface area contributed by atoms with Crippen LogP contribution >= 0.6 is 0 Å². The Kier molecular flexibility index (Phi) is 6.46. The second-order valence-electron chi connectivity index (χ2n) is 7.05. The Bertz CT molecular complexity index is 1400. The van der Waals surface area contributed by atoms with Gasteiger partial charge in [0, 0.05) is 25.0 Å². The van der Waals surface area contributed by atoms with E-state index in [0.717, 1.165) is 11.6 Å². The second-order valence-corrected chi connectivity index (χ2v) is 8.96. The molecule has 0 bridgehead atoms. The van der Waals surface area contributed by atoms with Crippen molar-refractivity contribution in [3.63, 3.8) is 0 Å². The second kappa shape index (κ2) is 9.62. The molecule has 0 aliphatic rings. The van der Waals surface area contributed by atoms with Gasteiger partial charge in [-0.2, -0.15) is 0 Å². The fraction of sp³-hybridized carbons (Fsp3) is 0.0400. The maximum atomic E-state index is 14.1. The Morgan fingerprint density at radius 1 is 0.939 bits per heavy atom. The van der Waals surface area contributed by atoms with Gasteiger partial charge in [-0.25, -0.2) is 12.8 Å². The Morgan fingerprint density at radius 3 is 2.36 bits per heavy atom. The summed E-state index contributed by atoms with van der Waals surface area (Å²) < 4.78 is 46.3. The van der Waals surface area contributed by atoms with Crippen molar-refractivity contribution in [2.45, 2.75) is 11.4 Å². The van der Waals surface area contributed by atoms with E-state index in [1.807, 2.05) is 0 Å². The zero-order valence-electron chi connectivity index (χ0n) is 17.3. The molecule has 0 aliphatic heterocycles. The normalized spacial score (nSPS) is 11.8. The largest absolute Gasteiger partial charge is 0.457 e. The molecule has 1 N–H and O–H groups in total. The molecule has 0 fully saturated rings. The van der Waals surface area contributed by atoms with E-state index in [1.165, 1.54) is 30.3 Å². The number of furan rings is 1. The van der Waals surface area contributed by atoms with Crippen molar-refractivity contribution in [2.24, 2.45) is 0 Å². The van der Waals surface area contributed by atoms with Crippen LogP contribution in [0.4, 0.5) is 4.39 Å². The van der Waals surface area contributed by atoms with Gasteiger partial charge in [-0.05, 0) is 54.1 Å². The highest BCUT2D eigenvalue weighted by molar-refractivity contribution is 7.96. The molecule has 2 aromatic heterocycles. The molecule has 0 atom stereocenters. The summed E-state index contributed by atoms with van der Waals surface area (Å²) in [5.74, 6) is -0.955. The van der Waals surface area contributed by atoms with Crippen LogP contribution in [-0.2, 0) is 21.2 Å². The van der Waals surface area contributed by atoms with E-state index in [2.05, 4.69) is 10.3 Å². The van der Waals surface area contributed by atoms with Crippen molar-refractivity contribution in [2.75, 3.05) is 0 Å². The average molecular weight is 463 g/mol. The van der Waals surface area contributed by atoms with Crippen LogP contribution in [0, 0.1) is 5.82 Å². The van der Waals surface area contributed by atoms with E-state index in [9.17, 15) is 17.6 Å². The van der Waals surface area contributed by atoms with E-state index in [0.29, 0.717) is 0 Å². The van der Waals surface area contributed by atoms with Gasteiger partial charge in [0.15, 0.2) is 0 Å². The lowest BCUT2D eigenvalue weighted by Gasteiger charge is -2.10. The zero-order chi connectivity index (χ0) is 23.3. The first-order valence-corrected chi connectivity index (χ1v) is 11.5. The molecule has 2 aromatic carbocycles. The molecule has 6 nitrogen and oxygen atoms in total. The fourth-order valence-electron chi connectivity index (χ4n) is 3.13. The Balaban J connectivity index is 1.70. The molecule has 0 unspecified atom stereocenters. The van der Waals surface area contributed by atoms with Gasteiger partial charge in [0.25, 0.3) is 5.91 Å². The molecule has 2 heterocycles. The number of rotatable bonds is 7. The summed E-state index contributed by atoms with van der Waals surface area (Å²) in [6.45, 7) is 0.113. The van der Waals surface area contributed by atoms with E-state index in [4.69, 9.17) is 4.42 Å². The molecule has 1 amide bonds. The van der Waals surface area contributed by atoms with Crippen LogP contribution in [0.1, 0.15) is 11.3 Å². The number of pyridine rings is 1. The summed E-state index contributed by atoms with van der Waals surface area (Å²) in [7, 11) is -4.16. The zero-order valence-corrected chi connectivity index (χ0v) is 18.1. The number of hydrogen-bond donors (Lipinski definition) is 1. The minimum atomic E-state index is -4.16. The van der Waals surface area contributed by atoms with Crippen LogP contribution < -0.4 is 5.32 Å². The number of carbonyl (C=O) groups is 1. The average Bonchev–Trinajstić information content (AvgIpc) is 3.31. The molecule has 4 rings (SSSR count). The Labute approximate surface area is 190 Å². The van der Waals surface area contributed by atoms with Gasteiger partial charge in [-0.3, -0.25) is 9.78 Å². The number of amides is 1. The molecule has 33 heavy (non-hydrogen) atoms. The van der Waals surface area contributed by atoms with E-state index in [-0.39, 0.29) is 28.5 Å². The number of benzene rings is 2. The number of nitrogens with one attached hydrogen (secondary N) is 1. The highest BCUT2D eigenvalue weighted by atomic mass is 32.2. The van der Waals surface area contributed by atoms with Gasteiger partial charge in [0.2, 0.25) is 9.84 Å². The van der Waals surface area contributed by atoms with Gasteiger partial charge < -0.3 is 9.73 Å². The summed E-state index contributed by atoms with van der Waals surface area (Å²) in [5, 5.41) is 2.63. The number of aromatic nitrogens is 1. The third-order valence-corrected chi connectivity index (χ3v) is 6.58. The number of hydrogen-bond acceptors (Lipinski definition) is 5. The fourth-order valence-corrected chi connectivity index (χ4v) is 4.48. The first-order valence-electron chi connectivity index (χ1n) is 9.99. The van der Waals surface area contributed by atoms with Crippen LogP contribution in [-0.4, -0.2) is 19.3 Å². The van der Waals surface area contributed by atoms with Crippen LogP contribution in [0.5, 0.6) is 0 Å². The van der Waals surface area contributed by atoms with Gasteiger partial charge in [0.05, 0.1) is 10.5 Å². The lowest BCUT2D eigenvalue weighted by molar-refractivity contribution is -0.116. The van der Waals surface area contributed by atoms with Gasteiger partial charge in [-0.15, -0.1) is 0 Å². The number of halogens is 1. The van der Waals surface area contributed by atoms with Crippen LogP contribution in [0.3, 0.4) is 0 Å². The van der Waals surface area contributed by atoms with Crippen molar-refractivity contribution in [3.8, 4) is 11.3 Å². The van der Waals surface area contributed by atoms with Crippen molar-refractivity contribution in [3.05, 3.63) is 113 Å². The summed E-state index contributed by atoms with van der Waals surface area (Å²) >= 11 is 0. The lowest BCUT2D eigenvalue weighted by Crippen LogP contribution is -2.28. The predicted molar refractivity (Wildman–Crippen MR) is 122 cm³/mol. The first kappa shape index (κ1) is 22.2.